The Balaban J connectivity index is 1.54. The summed E-state index contributed by atoms with van der Waals surface area (Å²) in [5.41, 5.74) is 13.7. The predicted octanol–water partition coefficient (Wildman–Crippen LogP) is 3.75. The van der Waals surface area contributed by atoms with Crippen molar-refractivity contribution in [1.29, 1.82) is 0 Å². The van der Waals surface area contributed by atoms with Crippen molar-refractivity contribution in [2.45, 2.75) is 20.8 Å². The molecule has 0 saturated carbocycles. The quantitative estimate of drug-likeness (QED) is 0.400. The van der Waals surface area contributed by atoms with Crippen molar-refractivity contribution in [1.82, 2.24) is 20.2 Å². The van der Waals surface area contributed by atoms with E-state index in [1.54, 1.807) is 10.9 Å². The molecule has 0 spiro atoms. The zero-order valence-corrected chi connectivity index (χ0v) is 17.1. The largest absolute Gasteiger partial charge is 0.397 e. The molecule has 0 unspecified atom stereocenters. The van der Waals surface area contributed by atoms with Crippen LogP contribution in [-0.4, -0.2) is 26.9 Å². The Morgan fingerprint density at radius 1 is 1.24 bits per heavy atom. The smallest absolute Gasteiger partial charge is 0.283 e. The first-order chi connectivity index (χ1) is 13.9. The molecule has 0 aliphatic rings. The standard InChI is InChI=1S/C21H20N6OS/c1-12-9-13(2)24-21-17(12)18(22)19(29-21)20(28)25-23-10-15-11-27(26-14(15)3)16-7-5-4-6-8-16/h4-11H,22H2,1-3H3,(H,25,28). The number of para-hydroxylation sites is 1. The van der Waals surface area contributed by atoms with Crippen LogP contribution in [-0.2, 0) is 0 Å². The topological polar surface area (TPSA) is 98.2 Å². The first kappa shape index (κ1) is 18.8. The number of aromatic nitrogens is 3. The SMILES string of the molecule is Cc1cc(C)c2c(N)c(C(=O)NN=Cc3cn(-c4ccccc4)nc3C)sc2n1. The number of nitrogens with zero attached hydrogens (tertiary/aromatic N) is 4. The maximum Gasteiger partial charge on any atom is 0.283 e. The monoisotopic (exact) mass is 404 g/mol. The van der Waals surface area contributed by atoms with Gasteiger partial charge in [-0.25, -0.2) is 15.1 Å². The minimum absolute atomic E-state index is 0.355. The van der Waals surface area contributed by atoms with E-state index in [2.05, 4.69) is 20.6 Å². The number of anilines is 1. The molecule has 3 heterocycles. The van der Waals surface area contributed by atoms with Gasteiger partial charge < -0.3 is 5.73 Å². The van der Waals surface area contributed by atoms with Gasteiger partial charge in [0.2, 0.25) is 0 Å². The van der Waals surface area contributed by atoms with E-state index in [-0.39, 0.29) is 5.91 Å². The number of hydrazone groups is 1. The molecular formula is C21H20N6OS. The van der Waals surface area contributed by atoms with Gasteiger partial charge in [0, 0.05) is 22.8 Å². The van der Waals surface area contributed by atoms with Crippen LogP contribution in [0.15, 0.2) is 47.7 Å². The van der Waals surface area contributed by atoms with Crippen molar-refractivity contribution >= 4 is 39.4 Å². The number of fused-ring (bicyclic) bond motifs is 1. The third kappa shape index (κ3) is 3.62. The fourth-order valence-corrected chi connectivity index (χ4v) is 4.27. The van der Waals surface area contributed by atoms with E-state index in [1.807, 2.05) is 63.4 Å². The zero-order chi connectivity index (χ0) is 20.5. The fourth-order valence-electron chi connectivity index (χ4n) is 3.16. The molecule has 0 saturated heterocycles. The van der Waals surface area contributed by atoms with Crippen molar-refractivity contribution in [3.63, 3.8) is 0 Å². The van der Waals surface area contributed by atoms with Gasteiger partial charge in [0.15, 0.2) is 0 Å². The number of hydrogen-bond acceptors (Lipinski definition) is 6. The van der Waals surface area contributed by atoms with Crippen LogP contribution in [0.1, 0.15) is 32.2 Å². The van der Waals surface area contributed by atoms with E-state index in [0.29, 0.717) is 10.6 Å². The molecule has 1 amide bonds. The second kappa shape index (κ2) is 7.48. The van der Waals surface area contributed by atoms with Gasteiger partial charge in [0.05, 0.1) is 23.3 Å². The molecule has 0 bridgehead atoms. The molecule has 4 rings (SSSR count). The lowest BCUT2D eigenvalue weighted by Gasteiger charge is -2.00. The number of thiophene rings is 1. The Morgan fingerprint density at radius 3 is 2.76 bits per heavy atom. The van der Waals surface area contributed by atoms with Gasteiger partial charge in [-0.15, -0.1) is 11.3 Å². The van der Waals surface area contributed by atoms with Crippen molar-refractivity contribution in [3.8, 4) is 5.69 Å². The number of hydrogen-bond donors (Lipinski definition) is 2. The summed E-state index contributed by atoms with van der Waals surface area (Å²) in [5.74, 6) is -0.355. The molecule has 0 aliphatic carbocycles. The highest BCUT2D eigenvalue weighted by Gasteiger charge is 2.18. The normalized spacial score (nSPS) is 11.4. The molecule has 4 aromatic rings. The number of rotatable bonds is 4. The summed E-state index contributed by atoms with van der Waals surface area (Å²) in [6, 6.07) is 11.8. The minimum atomic E-state index is -0.355. The average molecular weight is 404 g/mol. The van der Waals surface area contributed by atoms with Crippen LogP contribution >= 0.6 is 11.3 Å². The van der Waals surface area contributed by atoms with E-state index in [1.165, 1.54) is 11.3 Å². The van der Waals surface area contributed by atoms with E-state index in [4.69, 9.17) is 5.73 Å². The molecule has 3 N–H and O–H groups in total. The Labute approximate surface area is 171 Å². The van der Waals surface area contributed by atoms with Crippen molar-refractivity contribution in [2.24, 2.45) is 5.10 Å². The molecule has 0 atom stereocenters. The van der Waals surface area contributed by atoms with E-state index in [0.717, 1.165) is 38.4 Å². The summed E-state index contributed by atoms with van der Waals surface area (Å²) < 4.78 is 1.78. The molecule has 29 heavy (non-hydrogen) atoms. The third-order valence-electron chi connectivity index (χ3n) is 4.56. The Hall–Kier alpha value is -3.52. The number of pyridine rings is 1. The van der Waals surface area contributed by atoms with E-state index >= 15 is 0 Å². The third-order valence-corrected chi connectivity index (χ3v) is 5.66. The fraction of sp³-hybridized carbons (Fsp3) is 0.143. The maximum absolute atomic E-state index is 12.6. The van der Waals surface area contributed by atoms with Crippen molar-refractivity contribution < 1.29 is 4.79 Å². The summed E-state index contributed by atoms with van der Waals surface area (Å²) >= 11 is 1.27. The first-order valence-corrected chi connectivity index (χ1v) is 9.87. The molecule has 7 nitrogen and oxygen atoms in total. The highest BCUT2D eigenvalue weighted by molar-refractivity contribution is 7.21. The summed E-state index contributed by atoms with van der Waals surface area (Å²) in [6.45, 7) is 5.78. The van der Waals surface area contributed by atoms with Gasteiger partial charge in [-0.3, -0.25) is 4.79 Å². The zero-order valence-electron chi connectivity index (χ0n) is 16.3. The number of aryl methyl sites for hydroxylation is 3. The van der Waals surface area contributed by atoms with Crippen LogP contribution in [0.2, 0.25) is 0 Å². The van der Waals surface area contributed by atoms with Crippen LogP contribution in [0.4, 0.5) is 5.69 Å². The second-order valence-corrected chi connectivity index (χ2v) is 7.75. The van der Waals surface area contributed by atoms with Gasteiger partial charge in [-0.1, -0.05) is 18.2 Å². The Morgan fingerprint density at radius 2 is 2.00 bits per heavy atom. The highest BCUT2D eigenvalue weighted by atomic mass is 32.1. The Bertz CT molecular complexity index is 1240. The lowest BCUT2D eigenvalue weighted by molar-refractivity contribution is 0.0960. The summed E-state index contributed by atoms with van der Waals surface area (Å²) in [4.78, 5) is 18.2. The molecule has 0 radical (unpaired) electrons. The lowest BCUT2D eigenvalue weighted by Crippen LogP contribution is -2.17. The highest BCUT2D eigenvalue weighted by Crippen LogP contribution is 2.34. The van der Waals surface area contributed by atoms with Crippen LogP contribution in [0.3, 0.4) is 0 Å². The van der Waals surface area contributed by atoms with E-state index < -0.39 is 0 Å². The van der Waals surface area contributed by atoms with Crippen LogP contribution in [0, 0.1) is 20.8 Å². The van der Waals surface area contributed by atoms with Gasteiger partial charge in [0.25, 0.3) is 5.91 Å². The minimum Gasteiger partial charge on any atom is -0.397 e. The summed E-state index contributed by atoms with van der Waals surface area (Å²) in [7, 11) is 0. The van der Waals surface area contributed by atoms with Gasteiger partial charge in [-0.05, 0) is 44.5 Å². The summed E-state index contributed by atoms with van der Waals surface area (Å²) in [5, 5.41) is 9.40. The first-order valence-electron chi connectivity index (χ1n) is 9.05. The van der Waals surface area contributed by atoms with Crippen LogP contribution in [0.5, 0.6) is 0 Å². The van der Waals surface area contributed by atoms with Crippen LogP contribution in [0.25, 0.3) is 15.9 Å². The molecule has 3 aromatic heterocycles. The summed E-state index contributed by atoms with van der Waals surface area (Å²) in [6.07, 6.45) is 3.45. The predicted molar refractivity (Wildman–Crippen MR) is 117 cm³/mol. The molecule has 0 aliphatic heterocycles. The number of carbonyl (C=O) groups excluding carboxylic acids is 1. The molecular weight excluding hydrogens is 384 g/mol. The molecule has 0 fully saturated rings. The van der Waals surface area contributed by atoms with Crippen molar-refractivity contribution in [2.75, 3.05) is 5.73 Å². The number of nitrogens with one attached hydrogen (secondary N) is 1. The second-order valence-electron chi connectivity index (χ2n) is 6.75. The maximum atomic E-state index is 12.6. The lowest BCUT2D eigenvalue weighted by atomic mass is 10.1. The molecule has 1 aromatic carbocycles. The number of carbonyl (C=O) groups is 1. The van der Waals surface area contributed by atoms with Gasteiger partial charge in [0.1, 0.15) is 9.71 Å². The number of amides is 1. The molecule has 8 heteroatoms. The van der Waals surface area contributed by atoms with Gasteiger partial charge in [-0.2, -0.15) is 10.2 Å². The van der Waals surface area contributed by atoms with Crippen molar-refractivity contribution in [3.05, 3.63) is 70.0 Å². The average Bonchev–Trinajstić information content (AvgIpc) is 3.22. The number of nitrogens with two attached hydrogens (primary N) is 1. The Kier molecular flexibility index (Phi) is 4.85. The number of benzene rings is 1. The number of nitrogen functional groups attached to an aromatic ring is 1. The van der Waals surface area contributed by atoms with E-state index in [9.17, 15) is 4.79 Å². The molecule has 146 valence electrons. The van der Waals surface area contributed by atoms with Crippen LogP contribution < -0.4 is 11.2 Å². The van der Waals surface area contributed by atoms with Gasteiger partial charge >= 0.3 is 0 Å².